The molecule has 0 radical (unpaired) electrons. The van der Waals surface area contributed by atoms with E-state index < -0.39 is 0 Å². The highest BCUT2D eigenvalue weighted by molar-refractivity contribution is 5.95. The largest absolute Gasteiger partial charge is 0.461 e. The first kappa shape index (κ1) is 31.3. The van der Waals surface area contributed by atoms with Crippen LogP contribution < -0.4 is 14.5 Å². The van der Waals surface area contributed by atoms with E-state index in [1.807, 2.05) is 35.2 Å². The Morgan fingerprint density at radius 2 is 1.85 bits per heavy atom. The van der Waals surface area contributed by atoms with Crippen LogP contribution in [-0.2, 0) is 22.5 Å². The standard InChI is InChI=1S/C36H42FN7O3/c1-38-23-27-24-43(19-20-44(27)33(45)11-6-17-41-15-2-3-16-41)35-29-14-18-42(32-10-5-8-26-7-4-9-30(37)34(26)32)25-31(29)39-36(40-35)47-22-21-46-28-12-13-28/h4-11,27-28H,2-3,12-25H2/b11-6+/t27-/m0/s1. The van der Waals surface area contributed by atoms with Gasteiger partial charge in [-0.05, 0) is 62.7 Å². The number of amides is 1. The van der Waals surface area contributed by atoms with E-state index in [1.54, 1.807) is 12.1 Å². The number of nitrogens with zero attached hydrogens (tertiary/aromatic N) is 7. The van der Waals surface area contributed by atoms with Crippen molar-refractivity contribution in [2.24, 2.45) is 0 Å². The SMILES string of the molecule is [C-]#[N+]C[C@H]1CN(c2nc(OCCOC3CC3)nc3c2CCN(c2cccc4cccc(F)c24)C3)CCN1C(=O)/C=C/CN1CCCC1. The molecule has 1 atom stereocenters. The number of anilines is 2. The van der Waals surface area contributed by atoms with Crippen LogP contribution >= 0.6 is 0 Å². The van der Waals surface area contributed by atoms with Crippen molar-refractivity contribution in [3.05, 3.63) is 77.0 Å². The van der Waals surface area contributed by atoms with Crippen LogP contribution in [0.4, 0.5) is 15.9 Å². The van der Waals surface area contributed by atoms with Gasteiger partial charge in [-0.15, -0.1) is 0 Å². The Morgan fingerprint density at radius 3 is 2.66 bits per heavy atom. The van der Waals surface area contributed by atoms with Crippen LogP contribution in [0.3, 0.4) is 0 Å². The molecule has 246 valence electrons. The van der Waals surface area contributed by atoms with Crippen LogP contribution in [0, 0.1) is 12.4 Å². The lowest BCUT2D eigenvalue weighted by molar-refractivity contribution is -0.128. The van der Waals surface area contributed by atoms with Gasteiger partial charge in [0, 0.05) is 55.4 Å². The lowest BCUT2D eigenvalue weighted by Crippen LogP contribution is -2.56. The van der Waals surface area contributed by atoms with Gasteiger partial charge in [0.1, 0.15) is 24.3 Å². The molecule has 0 N–H and O–H groups in total. The van der Waals surface area contributed by atoms with Crippen molar-refractivity contribution in [2.45, 2.75) is 50.8 Å². The van der Waals surface area contributed by atoms with Crippen molar-refractivity contribution in [3.63, 3.8) is 0 Å². The number of piperazine rings is 1. The van der Waals surface area contributed by atoms with E-state index in [4.69, 9.17) is 26.0 Å². The predicted molar refractivity (Wildman–Crippen MR) is 179 cm³/mol. The quantitative estimate of drug-likeness (QED) is 0.173. The zero-order chi connectivity index (χ0) is 32.2. The summed E-state index contributed by atoms with van der Waals surface area (Å²) in [6, 6.07) is 11.1. The van der Waals surface area contributed by atoms with Crippen LogP contribution in [0.25, 0.3) is 15.6 Å². The second-order valence-corrected chi connectivity index (χ2v) is 12.8. The predicted octanol–water partition coefficient (Wildman–Crippen LogP) is 4.48. The molecule has 1 aromatic heterocycles. The molecule has 1 saturated carbocycles. The molecule has 4 aliphatic rings. The molecular weight excluding hydrogens is 597 g/mol. The van der Waals surface area contributed by atoms with Gasteiger partial charge in [-0.2, -0.15) is 9.97 Å². The average Bonchev–Trinajstić information content (AvgIpc) is 3.77. The highest BCUT2D eigenvalue weighted by atomic mass is 19.1. The second kappa shape index (κ2) is 14.2. The monoisotopic (exact) mass is 639 g/mol. The molecule has 3 aliphatic heterocycles. The van der Waals surface area contributed by atoms with Gasteiger partial charge in [-0.3, -0.25) is 9.69 Å². The van der Waals surface area contributed by atoms with Crippen molar-refractivity contribution >= 4 is 28.2 Å². The minimum atomic E-state index is -0.258. The Kier molecular flexibility index (Phi) is 9.49. The Labute approximate surface area is 275 Å². The maximum atomic E-state index is 15.1. The Morgan fingerprint density at radius 1 is 1.02 bits per heavy atom. The summed E-state index contributed by atoms with van der Waals surface area (Å²) in [7, 11) is 0. The zero-order valence-electron chi connectivity index (χ0n) is 26.8. The maximum Gasteiger partial charge on any atom is 0.318 e. The Bertz CT molecular complexity index is 1660. The summed E-state index contributed by atoms with van der Waals surface area (Å²) in [5.74, 6) is 0.513. The van der Waals surface area contributed by atoms with Gasteiger partial charge in [0.05, 0.1) is 24.9 Å². The van der Waals surface area contributed by atoms with E-state index in [0.29, 0.717) is 63.8 Å². The average molecular weight is 640 g/mol. The lowest BCUT2D eigenvalue weighted by atomic mass is 10.0. The van der Waals surface area contributed by atoms with E-state index in [1.165, 1.54) is 18.9 Å². The molecule has 10 nitrogen and oxygen atoms in total. The zero-order valence-corrected chi connectivity index (χ0v) is 26.8. The number of benzene rings is 2. The summed E-state index contributed by atoms with van der Waals surface area (Å²) in [5, 5.41) is 1.47. The number of carbonyl (C=O) groups is 1. The number of ether oxygens (including phenoxy) is 2. The van der Waals surface area contributed by atoms with Gasteiger partial charge in [0.15, 0.2) is 0 Å². The third kappa shape index (κ3) is 7.19. The first-order valence-corrected chi connectivity index (χ1v) is 16.9. The molecule has 2 saturated heterocycles. The van der Waals surface area contributed by atoms with Gasteiger partial charge in [-0.25, -0.2) is 11.0 Å². The molecule has 1 amide bonds. The fourth-order valence-corrected chi connectivity index (χ4v) is 7.01. The molecule has 11 heteroatoms. The summed E-state index contributed by atoms with van der Waals surface area (Å²) < 4.78 is 26.9. The molecule has 4 heterocycles. The summed E-state index contributed by atoms with van der Waals surface area (Å²) in [6.45, 7) is 14.4. The highest BCUT2D eigenvalue weighted by Gasteiger charge is 2.35. The topological polar surface area (TPSA) is 78.6 Å². The van der Waals surface area contributed by atoms with E-state index in [2.05, 4.69) is 19.5 Å². The number of carbonyl (C=O) groups excluding carboxylic acids is 1. The summed E-state index contributed by atoms with van der Waals surface area (Å²) in [5.41, 5.74) is 2.72. The first-order valence-electron chi connectivity index (χ1n) is 16.9. The molecule has 7 rings (SSSR count). The molecule has 3 aromatic rings. The van der Waals surface area contributed by atoms with Crippen LogP contribution in [0.15, 0.2) is 48.6 Å². The van der Waals surface area contributed by atoms with Gasteiger partial charge in [0.25, 0.3) is 0 Å². The molecule has 0 bridgehead atoms. The number of halogens is 1. The van der Waals surface area contributed by atoms with E-state index in [9.17, 15) is 4.79 Å². The summed E-state index contributed by atoms with van der Waals surface area (Å²) in [4.78, 5) is 35.3. The molecule has 3 fully saturated rings. The number of rotatable bonds is 11. The normalized spacial score (nSPS) is 20.2. The fraction of sp³-hybridized carbons (Fsp3) is 0.500. The highest BCUT2D eigenvalue weighted by Crippen LogP contribution is 2.35. The summed E-state index contributed by atoms with van der Waals surface area (Å²) in [6.07, 6.45) is 9.26. The van der Waals surface area contributed by atoms with E-state index in [0.717, 1.165) is 60.6 Å². The third-order valence-electron chi connectivity index (χ3n) is 9.58. The van der Waals surface area contributed by atoms with Crippen LogP contribution in [-0.4, -0.2) is 103 Å². The second-order valence-electron chi connectivity index (χ2n) is 12.8. The van der Waals surface area contributed by atoms with Crippen LogP contribution in [0.5, 0.6) is 6.01 Å². The van der Waals surface area contributed by atoms with Crippen molar-refractivity contribution in [2.75, 3.05) is 75.4 Å². The van der Waals surface area contributed by atoms with Gasteiger partial charge < -0.3 is 29.0 Å². The lowest BCUT2D eigenvalue weighted by Gasteiger charge is -2.41. The van der Waals surface area contributed by atoms with E-state index in [-0.39, 0.29) is 30.3 Å². The van der Waals surface area contributed by atoms with Crippen molar-refractivity contribution in [1.82, 2.24) is 19.8 Å². The number of fused-ring (bicyclic) bond motifs is 2. The van der Waals surface area contributed by atoms with Crippen LogP contribution in [0.1, 0.15) is 36.9 Å². The van der Waals surface area contributed by atoms with Crippen molar-refractivity contribution < 1.29 is 18.7 Å². The van der Waals surface area contributed by atoms with Crippen molar-refractivity contribution in [3.8, 4) is 6.01 Å². The number of aromatic nitrogens is 2. The number of hydrogen-bond acceptors (Lipinski definition) is 8. The van der Waals surface area contributed by atoms with Crippen LogP contribution in [0.2, 0.25) is 0 Å². The Balaban J connectivity index is 1.13. The number of hydrogen-bond donors (Lipinski definition) is 0. The molecule has 1 aliphatic carbocycles. The minimum absolute atomic E-state index is 0.0418. The molecular formula is C36H42FN7O3. The van der Waals surface area contributed by atoms with E-state index >= 15 is 4.39 Å². The molecule has 2 aromatic carbocycles. The fourth-order valence-electron chi connectivity index (χ4n) is 7.01. The minimum Gasteiger partial charge on any atom is -0.461 e. The molecule has 47 heavy (non-hydrogen) atoms. The van der Waals surface area contributed by atoms with Gasteiger partial charge in [-0.1, -0.05) is 30.3 Å². The van der Waals surface area contributed by atoms with Gasteiger partial charge in [0.2, 0.25) is 12.5 Å². The summed E-state index contributed by atoms with van der Waals surface area (Å²) >= 11 is 0. The molecule has 0 spiro atoms. The first-order chi connectivity index (χ1) is 23.1. The number of likely N-dealkylation sites (tertiary alicyclic amines) is 1. The maximum absolute atomic E-state index is 15.1. The Hall–Kier alpha value is -4.27. The smallest absolute Gasteiger partial charge is 0.318 e. The third-order valence-corrected chi connectivity index (χ3v) is 9.58. The molecule has 0 unspecified atom stereocenters. The van der Waals surface area contributed by atoms with Gasteiger partial charge >= 0.3 is 6.01 Å². The van der Waals surface area contributed by atoms with Crippen molar-refractivity contribution in [1.29, 1.82) is 0 Å².